The van der Waals surface area contributed by atoms with Gasteiger partial charge in [0.2, 0.25) is 0 Å². The molecule has 6 nitrogen and oxygen atoms in total. The average molecular weight is 395 g/mol. The molecule has 0 aliphatic carbocycles. The van der Waals surface area contributed by atoms with Gasteiger partial charge in [-0.1, -0.05) is 24.3 Å². The first-order chi connectivity index (χ1) is 14.1. The van der Waals surface area contributed by atoms with Crippen LogP contribution in [0.25, 0.3) is 0 Å². The fourth-order valence-electron chi connectivity index (χ4n) is 3.35. The Morgan fingerprint density at radius 3 is 2.41 bits per heavy atom. The standard InChI is InChI=1S/C23H30N4O2/c1-17(21-15-20(28-3)11-12-22(21)29-4)26-23(24-2)25-16-18-7-9-19(10-8-18)27-13-5-6-14-27/h5-12,15,17H,13-14,16H2,1-4H3,(H2,24,25,26). The van der Waals surface area contributed by atoms with Crippen molar-refractivity contribution in [2.24, 2.45) is 4.99 Å². The van der Waals surface area contributed by atoms with Crippen LogP contribution in [0.5, 0.6) is 11.5 Å². The van der Waals surface area contributed by atoms with Crippen molar-refractivity contribution < 1.29 is 9.47 Å². The average Bonchev–Trinajstić information content (AvgIpc) is 3.31. The Bertz CT molecular complexity index is 854. The summed E-state index contributed by atoms with van der Waals surface area (Å²) in [5.41, 5.74) is 3.47. The zero-order valence-corrected chi connectivity index (χ0v) is 17.6. The number of hydrogen-bond acceptors (Lipinski definition) is 4. The van der Waals surface area contributed by atoms with Crippen molar-refractivity contribution in [3.8, 4) is 11.5 Å². The number of benzene rings is 2. The minimum atomic E-state index is -0.00343. The molecule has 2 N–H and O–H groups in total. The van der Waals surface area contributed by atoms with Gasteiger partial charge in [0.15, 0.2) is 5.96 Å². The molecule has 0 bridgehead atoms. The van der Waals surface area contributed by atoms with Crippen LogP contribution in [0.3, 0.4) is 0 Å². The number of nitrogens with zero attached hydrogens (tertiary/aromatic N) is 2. The predicted octanol–water partition coefficient (Wildman–Crippen LogP) is 3.51. The maximum Gasteiger partial charge on any atom is 0.191 e. The molecule has 0 fully saturated rings. The fourth-order valence-corrected chi connectivity index (χ4v) is 3.35. The van der Waals surface area contributed by atoms with E-state index in [0.717, 1.165) is 36.1 Å². The lowest BCUT2D eigenvalue weighted by molar-refractivity contribution is 0.394. The van der Waals surface area contributed by atoms with E-state index in [1.165, 1.54) is 11.3 Å². The summed E-state index contributed by atoms with van der Waals surface area (Å²) < 4.78 is 10.9. The molecule has 1 aliphatic heterocycles. The molecule has 1 unspecified atom stereocenters. The van der Waals surface area contributed by atoms with E-state index < -0.39 is 0 Å². The molecular formula is C23H30N4O2. The van der Waals surface area contributed by atoms with E-state index in [2.05, 4.69) is 63.9 Å². The Balaban J connectivity index is 1.59. The summed E-state index contributed by atoms with van der Waals surface area (Å²) >= 11 is 0. The van der Waals surface area contributed by atoms with E-state index in [9.17, 15) is 0 Å². The van der Waals surface area contributed by atoms with Crippen molar-refractivity contribution in [3.63, 3.8) is 0 Å². The normalized spacial score (nSPS) is 14.6. The molecule has 0 saturated carbocycles. The molecule has 0 spiro atoms. The Labute approximate surface area is 173 Å². The van der Waals surface area contributed by atoms with Gasteiger partial charge in [-0.15, -0.1) is 0 Å². The van der Waals surface area contributed by atoms with Crippen LogP contribution in [0.1, 0.15) is 24.1 Å². The molecule has 1 heterocycles. The third-order valence-corrected chi connectivity index (χ3v) is 5.06. The van der Waals surface area contributed by atoms with Crippen LogP contribution in [-0.4, -0.2) is 40.3 Å². The monoisotopic (exact) mass is 394 g/mol. The smallest absolute Gasteiger partial charge is 0.191 e. The number of rotatable bonds is 7. The molecule has 0 saturated heterocycles. The second-order valence-corrected chi connectivity index (χ2v) is 6.94. The Kier molecular flexibility index (Phi) is 7.00. The molecule has 1 atom stereocenters. The molecule has 0 radical (unpaired) electrons. The number of methoxy groups -OCH3 is 2. The second kappa shape index (κ2) is 9.87. The summed E-state index contributed by atoms with van der Waals surface area (Å²) in [7, 11) is 5.11. The van der Waals surface area contributed by atoms with Gasteiger partial charge in [-0.3, -0.25) is 4.99 Å². The second-order valence-electron chi connectivity index (χ2n) is 6.94. The van der Waals surface area contributed by atoms with Gasteiger partial charge in [0.1, 0.15) is 11.5 Å². The molecule has 0 amide bonds. The number of nitrogens with one attached hydrogen (secondary N) is 2. The van der Waals surface area contributed by atoms with E-state index in [0.29, 0.717) is 6.54 Å². The van der Waals surface area contributed by atoms with Gasteiger partial charge in [0.05, 0.1) is 20.3 Å². The third kappa shape index (κ3) is 5.22. The number of aliphatic imine (C=N–C) groups is 1. The fraction of sp³-hybridized carbons (Fsp3) is 0.348. The Hall–Kier alpha value is -3.15. The minimum Gasteiger partial charge on any atom is -0.497 e. The molecule has 3 rings (SSSR count). The molecule has 2 aromatic rings. The van der Waals surface area contributed by atoms with Gasteiger partial charge >= 0.3 is 0 Å². The molecule has 154 valence electrons. The van der Waals surface area contributed by atoms with E-state index >= 15 is 0 Å². The van der Waals surface area contributed by atoms with Crippen LogP contribution >= 0.6 is 0 Å². The van der Waals surface area contributed by atoms with Crippen LogP contribution in [-0.2, 0) is 6.54 Å². The first kappa shape index (κ1) is 20.6. The van der Waals surface area contributed by atoms with E-state index in [1.807, 2.05) is 18.2 Å². The third-order valence-electron chi connectivity index (χ3n) is 5.06. The van der Waals surface area contributed by atoms with Crippen molar-refractivity contribution in [2.75, 3.05) is 39.3 Å². The molecule has 2 aromatic carbocycles. The van der Waals surface area contributed by atoms with Crippen molar-refractivity contribution in [1.29, 1.82) is 0 Å². The lowest BCUT2D eigenvalue weighted by Gasteiger charge is -2.21. The van der Waals surface area contributed by atoms with Crippen molar-refractivity contribution >= 4 is 11.6 Å². The highest BCUT2D eigenvalue weighted by Crippen LogP contribution is 2.29. The summed E-state index contributed by atoms with van der Waals surface area (Å²) in [6, 6.07) is 14.4. The first-order valence-corrected chi connectivity index (χ1v) is 9.82. The van der Waals surface area contributed by atoms with Gasteiger partial charge in [-0.2, -0.15) is 0 Å². The van der Waals surface area contributed by atoms with Gasteiger partial charge < -0.3 is 25.0 Å². The van der Waals surface area contributed by atoms with Gasteiger partial charge in [0, 0.05) is 37.9 Å². The number of anilines is 1. The molecule has 29 heavy (non-hydrogen) atoms. The summed E-state index contributed by atoms with van der Waals surface area (Å²) in [4.78, 5) is 6.69. The van der Waals surface area contributed by atoms with Gasteiger partial charge in [0.25, 0.3) is 0 Å². The van der Waals surface area contributed by atoms with E-state index in [4.69, 9.17) is 9.47 Å². The maximum atomic E-state index is 5.50. The molecular weight excluding hydrogens is 364 g/mol. The van der Waals surface area contributed by atoms with Crippen LogP contribution in [0.4, 0.5) is 5.69 Å². The quantitative estimate of drug-likeness (QED) is 0.428. The van der Waals surface area contributed by atoms with Crippen LogP contribution in [0.2, 0.25) is 0 Å². The highest BCUT2D eigenvalue weighted by Gasteiger charge is 2.14. The van der Waals surface area contributed by atoms with Crippen molar-refractivity contribution in [2.45, 2.75) is 19.5 Å². The largest absolute Gasteiger partial charge is 0.497 e. The highest BCUT2D eigenvalue weighted by molar-refractivity contribution is 5.80. The van der Waals surface area contributed by atoms with Gasteiger partial charge in [-0.05, 0) is 42.8 Å². The Morgan fingerprint density at radius 1 is 1.07 bits per heavy atom. The molecule has 6 heteroatoms. The molecule has 1 aliphatic rings. The van der Waals surface area contributed by atoms with Crippen LogP contribution < -0.4 is 25.0 Å². The summed E-state index contributed by atoms with van der Waals surface area (Å²) in [5.74, 6) is 2.34. The summed E-state index contributed by atoms with van der Waals surface area (Å²) in [6.07, 6.45) is 4.40. The van der Waals surface area contributed by atoms with Crippen LogP contribution in [0.15, 0.2) is 59.6 Å². The first-order valence-electron chi connectivity index (χ1n) is 9.82. The topological polar surface area (TPSA) is 58.1 Å². The Morgan fingerprint density at radius 2 is 1.79 bits per heavy atom. The van der Waals surface area contributed by atoms with Crippen molar-refractivity contribution in [1.82, 2.24) is 10.6 Å². The van der Waals surface area contributed by atoms with Gasteiger partial charge in [-0.25, -0.2) is 0 Å². The van der Waals surface area contributed by atoms with Crippen molar-refractivity contribution in [3.05, 3.63) is 65.7 Å². The maximum absolute atomic E-state index is 5.50. The SMILES string of the molecule is CN=C(NCc1ccc(N2CC=CC2)cc1)NC(C)c1cc(OC)ccc1OC. The number of hydrogen-bond donors (Lipinski definition) is 2. The number of guanidine groups is 1. The lowest BCUT2D eigenvalue weighted by atomic mass is 10.1. The van der Waals surface area contributed by atoms with Crippen LogP contribution in [0, 0.1) is 0 Å². The van der Waals surface area contributed by atoms with E-state index in [1.54, 1.807) is 21.3 Å². The lowest BCUT2D eigenvalue weighted by Crippen LogP contribution is -2.38. The molecule has 0 aromatic heterocycles. The predicted molar refractivity (Wildman–Crippen MR) is 119 cm³/mol. The summed E-state index contributed by atoms with van der Waals surface area (Å²) in [6.45, 7) is 4.74. The highest BCUT2D eigenvalue weighted by atomic mass is 16.5. The van der Waals surface area contributed by atoms with E-state index in [-0.39, 0.29) is 6.04 Å². The minimum absolute atomic E-state index is 0.00343. The summed E-state index contributed by atoms with van der Waals surface area (Å²) in [5, 5.41) is 6.80. The zero-order chi connectivity index (χ0) is 20.6. The number of ether oxygens (including phenoxy) is 2. The zero-order valence-electron chi connectivity index (χ0n) is 17.6.